The molecule has 0 aliphatic heterocycles. The smallest absolute Gasteiger partial charge is 0.0476 e. The van der Waals surface area contributed by atoms with Gasteiger partial charge >= 0.3 is 0 Å². The number of halogens is 1. The quantitative estimate of drug-likeness (QED) is 0.415. The molecule has 0 aromatic heterocycles. The zero-order valence-corrected chi connectivity index (χ0v) is 17.7. The Morgan fingerprint density at radius 1 is 0.833 bits per heavy atom. The van der Waals surface area contributed by atoms with Crippen LogP contribution in [0.2, 0.25) is 0 Å². The Balaban J connectivity index is 0.00000529. The lowest BCUT2D eigenvalue weighted by Crippen LogP contribution is -2.42. The van der Waals surface area contributed by atoms with Gasteiger partial charge in [0.25, 0.3) is 0 Å². The van der Waals surface area contributed by atoms with E-state index in [9.17, 15) is 5.11 Å². The minimum atomic E-state index is -0.0295. The number of aliphatic hydroxyl groups excluding tert-OH is 1. The standard InChI is InChI=1S/C21H37NO.BrH/c1-4-5-6-7-8-9-10-14-17-21(18-19-23,22(2)3)20-15-12-11-13-16-20;/h11-13,15-16,23H,4-10,14,17-19H2,1-3H3;1H. The minimum absolute atomic E-state index is 0. The van der Waals surface area contributed by atoms with E-state index in [4.69, 9.17) is 0 Å². The fraction of sp³-hybridized carbons (Fsp3) is 0.714. The number of nitrogens with zero attached hydrogens (tertiary/aromatic N) is 1. The lowest BCUT2D eigenvalue weighted by Gasteiger charge is -2.40. The number of hydrogen-bond acceptors (Lipinski definition) is 2. The number of unbranched alkanes of at least 4 members (excludes halogenated alkanes) is 7. The fourth-order valence-electron chi connectivity index (χ4n) is 3.60. The zero-order valence-electron chi connectivity index (χ0n) is 16.0. The van der Waals surface area contributed by atoms with E-state index in [-0.39, 0.29) is 29.1 Å². The molecule has 24 heavy (non-hydrogen) atoms. The molecule has 0 bridgehead atoms. The maximum atomic E-state index is 9.61. The lowest BCUT2D eigenvalue weighted by atomic mass is 9.81. The van der Waals surface area contributed by atoms with Crippen LogP contribution in [0.15, 0.2) is 30.3 Å². The molecule has 140 valence electrons. The highest BCUT2D eigenvalue weighted by atomic mass is 79.9. The van der Waals surface area contributed by atoms with Gasteiger partial charge in [0.2, 0.25) is 0 Å². The van der Waals surface area contributed by atoms with Gasteiger partial charge in [-0.1, -0.05) is 88.6 Å². The first-order valence-corrected chi connectivity index (χ1v) is 9.51. The van der Waals surface area contributed by atoms with Gasteiger partial charge in [-0.25, -0.2) is 0 Å². The first-order valence-electron chi connectivity index (χ1n) is 9.51. The summed E-state index contributed by atoms with van der Waals surface area (Å²) in [6, 6.07) is 10.7. The Bertz CT molecular complexity index is 396. The molecule has 0 amide bonds. The maximum Gasteiger partial charge on any atom is 0.0476 e. The molecule has 1 atom stereocenters. The molecule has 0 radical (unpaired) electrons. The van der Waals surface area contributed by atoms with Gasteiger partial charge in [0, 0.05) is 12.1 Å². The Kier molecular flexibility index (Phi) is 13.6. The minimum Gasteiger partial charge on any atom is -0.396 e. The second-order valence-electron chi connectivity index (χ2n) is 6.99. The van der Waals surface area contributed by atoms with Gasteiger partial charge in [-0.3, -0.25) is 4.90 Å². The highest BCUT2D eigenvalue weighted by Crippen LogP contribution is 2.35. The summed E-state index contributed by atoms with van der Waals surface area (Å²) in [4.78, 5) is 2.31. The molecule has 1 unspecified atom stereocenters. The third-order valence-corrected chi connectivity index (χ3v) is 5.14. The van der Waals surface area contributed by atoms with E-state index in [0.29, 0.717) is 0 Å². The third kappa shape index (κ3) is 7.67. The van der Waals surface area contributed by atoms with Crippen LogP contribution in [0, 0.1) is 0 Å². The van der Waals surface area contributed by atoms with Gasteiger partial charge in [0.15, 0.2) is 0 Å². The van der Waals surface area contributed by atoms with Gasteiger partial charge in [0.1, 0.15) is 0 Å². The Hall–Kier alpha value is -0.380. The van der Waals surface area contributed by atoms with E-state index < -0.39 is 0 Å². The molecule has 0 saturated carbocycles. The van der Waals surface area contributed by atoms with Crippen molar-refractivity contribution in [1.29, 1.82) is 0 Å². The molecule has 0 fully saturated rings. The van der Waals surface area contributed by atoms with Crippen molar-refractivity contribution in [2.45, 2.75) is 76.7 Å². The predicted molar refractivity (Wildman–Crippen MR) is 111 cm³/mol. The molecule has 3 heteroatoms. The maximum absolute atomic E-state index is 9.61. The van der Waals surface area contributed by atoms with Crippen molar-refractivity contribution in [2.75, 3.05) is 20.7 Å². The second-order valence-corrected chi connectivity index (χ2v) is 6.99. The van der Waals surface area contributed by atoms with Gasteiger partial charge in [-0.05, 0) is 32.5 Å². The van der Waals surface area contributed by atoms with Crippen molar-refractivity contribution in [2.24, 2.45) is 0 Å². The zero-order chi connectivity index (χ0) is 17.0. The Morgan fingerprint density at radius 2 is 1.38 bits per heavy atom. The van der Waals surface area contributed by atoms with Crippen LogP contribution in [-0.4, -0.2) is 30.7 Å². The lowest BCUT2D eigenvalue weighted by molar-refractivity contribution is 0.0934. The van der Waals surface area contributed by atoms with Crippen LogP contribution >= 0.6 is 17.0 Å². The van der Waals surface area contributed by atoms with Crippen molar-refractivity contribution in [3.63, 3.8) is 0 Å². The highest BCUT2D eigenvalue weighted by molar-refractivity contribution is 8.93. The van der Waals surface area contributed by atoms with Crippen LogP contribution in [0.3, 0.4) is 0 Å². The topological polar surface area (TPSA) is 23.5 Å². The van der Waals surface area contributed by atoms with Crippen LogP contribution in [0.25, 0.3) is 0 Å². The monoisotopic (exact) mass is 399 g/mol. The van der Waals surface area contributed by atoms with E-state index in [2.05, 4.69) is 56.3 Å². The number of benzene rings is 1. The summed E-state index contributed by atoms with van der Waals surface area (Å²) in [5.74, 6) is 0. The SMILES string of the molecule is Br.CCCCCCCCCCC(CCO)(c1ccccc1)N(C)C. The van der Waals surface area contributed by atoms with Crippen LogP contribution < -0.4 is 0 Å². The van der Waals surface area contributed by atoms with Crippen molar-refractivity contribution in [3.8, 4) is 0 Å². The van der Waals surface area contributed by atoms with Crippen molar-refractivity contribution >= 4 is 17.0 Å². The fourth-order valence-corrected chi connectivity index (χ4v) is 3.60. The van der Waals surface area contributed by atoms with Gasteiger partial charge in [0.05, 0.1) is 0 Å². The summed E-state index contributed by atoms with van der Waals surface area (Å²) in [5.41, 5.74) is 1.31. The first kappa shape index (κ1) is 23.6. The second kappa shape index (κ2) is 13.9. The van der Waals surface area contributed by atoms with E-state index in [0.717, 1.165) is 12.8 Å². The van der Waals surface area contributed by atoms with Crippen molar-refractivity contribution in [3.05, 3.63) is 35.9 Å². The van der Waals surface area contributed by atoms with Crippen molar-refractivity contribution < 1.29 is 5.11 Å². The van der Waals surface area contributed by atoms with Crippen LogP contribution in [0.5, 0.6) is 0 Å². The van der Waals surface area contributed by atoms with E-state index >= 15 is 0 Å². The molecule has 1 rings (SSSR count). The summed E-state index contributed by atoms with van der Waals surface area (Å²) in [6.07, 6.45) is 12.7. The molecule has 0 spiro atoms. The number of aliphatic hydroxyl groups is 1. The number of rotatable bonds is 13. The summed E-state index contributed by atoms with van der Waals surface area (Å²) in [6.45, 7) is 2.51. The molecule has 1 aromatic rings. The average molecular weight is 400 g/mol. The van der Waals surface area contributed by atoms with Gasteiger partial charge in [-0.15, -0.1) is 17.0 Å². The molecule has 0 heterocycles. The average Bonchev–Trinajstić information content (AvgIpc) is 2.56. The molecule has 1 aromatic carbocycles. The molecule has 0 aliphatic rings. The summed E-state index contributed by atoms with van der Waals surface area (Å²) in [5, 5.41) is 9.61. The molecular weight excluding hydrogens is 362 g/mol. The molecule has 0 aliphatic carbocycles. The van der Waals surface area contributed by atoms with Gasteiger partial charge < -0.3 is 5.11 Å². The van der Waals surface area contributed by atoms with E-state index in [1.54, 1.807) is 0 Å². The molecule has 0 saturated heterocycles. The Labute approximate surface area is 160 Å². The molecule has 2 nitrogen and oxygen atoms in total. The van der Waals surface area contributed by atoms with E-state index in [1.165, 1.54) is 56.9 Å². The predicted octanol–water partition coefficient (Wildman–Crippen LogP) is 5.93. The van der Waals surface area contributed by atoms with Gasteiger partial charge in [-0.2, -0.15) is 0 Å². The molecule has 1 N–H and O–H groups in total. The summed E-state index contributed by atoms with van der Waals surface area (Å²) >= 11 is 0. The summed E-state index contributed by atoms with van der Waals surface area (Å²) < 4.78 is 0. The van der Waals surface area contributed by atoms with Crippen LogP contribution in [-0.2, 0) is 5.54 Å². The summed E-state index contributed by atoms with van der Waals surface area (Å²) in [7, 11) is 4.29. The largest absolute Gasteiger partial charge is 0.396 e. The number of hydrogen-bond donors (Lipinski definition) is 1. The van der Waals surface area contributed by atoms with Crippen LogP contribution in [0.4, 0.5) is 0 Å². The van der Waals surface area contributed by atoms with Crippen molar-refractivity contribution in [1.82, 2.24) is 4.90 Å². The van der Waals surface area contributed by atoms with Crippen LogP contribution in [0.1, 0.15) is 76.7 Å². The normalized spacial score (nSPS) is 13.5. The third-order valence-electron chi connectivity index (χ3n) is 5.14. The van der Waals surface area contributed by atoms with E-state index in [1.807, 2.05) is 0 Å². The first-order chi connectivity index (χ1) is 11.2. The molecular formula is C21H38BrNO. The highest BCUT2D eigenvalue weighted by Gasteiger charge is 2.33. The Morgan fingerprint density at radius 3 is 1.88 bits per heavy atom.